The van der Waals surface area contributed by atoms with Crippen molar-refractivity contribution < 1.29 is 18.0 Å². The molecule has 0 heterocycles. The number of sulfone groups is 1. The Morgan fingerprint density at radius 1 is 1.11 bits per heavy atom. The van der Waals surface area contributed by atoms with Gasteiger partial charge in [0.05, 0.1) is 22.0 Å². The molecule has 1 N–H and O–H groups in total. The Labute approximate surface area is 165 Å². The van der Waals surface area contributed by atoms with Crippen molar-refractivity contribution in [2.75, 3.05) is 0 Å². The summed E-state index contributed by atoms with van der Waals surface area (Å²) < 4.78 is 33.2. The van der Waals surface area contributed by atoms with Gasteiger partial charge < -0.3 is 9.53 Å². The molecule has 1 aliphatic carbocycles. The van der Waals surface area contributed by atoms with Crippen molar-refractivity contribution in [1.29, 1.82) is 0 Å². The monoisotopic (exact) mass is 410 g/mol. The fourth-order valence-electron chi connectivity index (χ4n) is 3.29. The highest BCUT2D eigenvalue weighted by Gasteiger charge is 2.45. The van der Waals surface area contributed by atoms with Crippen molar-refractivity contribution >= 4 is 18.2 Å². The van der Waals surface area contributed by atoms with Crippen LogP contribution in [-0.2, 0) is 14.3 Å². The van der Waals surface area contributed by atoms with Gasteiger partial charge in [0.25, 0.3) is 0 Å². The van der Waals surface area contributed by atoms with Crippen molar-refractivity contribution in [2.45, 2.75) is 76.3 Å². The van der Waals surface area contributed by atoms with Crippen LogP contribution in [0.5, 0.6) is 0 Å². The maximum atomic E-state index is 13.3. The Morgan fingerprint density at radius 3 is 2.19 bits per heavy atom. The second-order valence-electron chi connectivity index (χ2n) is 9.22. The summed E-state index contributed by atoms with van der Waals surface area (Å²) in [7, 11) is -5.75. The van der Waals surface area contributed by atoms with E-state index in [4.69, 9.17) is 4.43 Å². The van der Waals surface area contributed by atoms with Gasteiger partial charge in [-0.15, -0.1) is 0 Å². The van der Waals surface area contributed by atoms with E-state index in [1.54, 1.807) is 36.4 Å². The largest absolute Gasteiger partial charge is 0.413 e. The average molecular weight is 411 g/mol. The summed E-state index contributed by atoms with van der Waals surface area (Å²) in [6, 6.07) is 8.51. The number of hydrogen-bond donors (Lipinski definition) is 1. The lowest BCUT2D eigenvalue weighted by Gasteiger charge is -2.43. The molecule has 2 rings (SSSR count). The lowest BCUT2D eigenvalue weighted by molar-refractivity contribution is 0.0166. The minimum absolute atomic E-state index is 0.00583. The van der Waals surface area contributed by atoms with E-state index >= 15 is 0 Å². The molecule has 1 aliphatic rings. The number of aliphatic hydroxyl groups excluding tert-OH is 1. The van der Waals surface area contributed by atoms with Crippen LogP contribution in [0.4, 0.5) is 0 Å². The predicted octanol–water partition coefficient (Wildman–Crippen LogP) is 4.77. The van der Waals surface area contributed by atoms with Gasteiger partial charge in [-0.25, -0.2) is 8.42 Å². The van der Waals surface area contributed by atoms with Gasteiger partial charge in [0.1, 0.15) is 0 Å². The van der Waals surface area contributed by atoms with E-state index in [0.29, 0.717) is 16.2 Å². The molecule has 1 aromatic rings. The van der Waals surface area contributed by atoms with Gasteiger partial charge in [0.2, 0.25) is 9.84 Å². The maximum Gasteiger partial charge on any atom is 0.202 e. The highest BCUT2D eigenvalue weighted by Crippen LogP contribution is 2.42. The molecule has 0 bridgehead atoms. The Morgan fingerprint density at radius 2 is 1.67 bits per heavy atom. The third kappa shape index (κ3) is 4.55. The van der Waals surface area contributed by atoms with Gasteiger partial charge in [-0.05, 0) is 36.7 Å². The zero-order valence-electron chi connectivity index (χ0n) is 17.6. The Balaban J connectivity index is 2.47. The third-order valence-corrected chi connectivity index (χ3v) is 12.8. The minimum atomic E-state index is -3.62. The highest BCUT2D eigenvalue weighted by atomic mass is 32.2. The second kappa shape index (κ2) is 7.82. The average Bonchev–Trinajstić information content (AvgIpc) is 2.67. The molecule has 6 heteroatoms. The van der Waals surface area contributed by atoms with Gasteiger partial charge in [0.15, 0.2) is 8.32 Å². The molecule has 0 saturated heterocycles. The summed E-state index contributed by atoms with van der Waals surface area (Å²) in [5.74, 6) is -0.467. The van der Waals surface area contributed by atoms with Gasteiger partial charge in [-0.3, -0.25) is 0 Å². The van der Waals surface area contributed by atoms with Gasteiger partial charge in [0, 0.05) is 11.8 Å². The summed E-state index contributed by atoms with van der Waals surface area (Å²) >= 11 is 0. The first-order chi connectivity index (χ1) is 12.3. The maximum absolute atomic E-state index is 13.3. The van der Waals surface area contributed by atoms with E-state index in [9.17, 15) is 13.5 Å². The zero-order chi connectivity index (χ0) is 20.6. The van der Waals surface area contributed by atoms with E-state index in [1.165, 1.54) is 0 Å². The van der Waals surface area contributed by atoms with E-state index in [0.717, 1.165) is 0 Å². The smallest absolute Gasteiger partial charge is 0.202 e. The van der Waals surface area contributed by atoms with Gasteiger partial charge in [-0.2, -0.15) is 0 Å². The van der Waals surface area contributed by atoms with Crippen LogP contribution in [-0.4, -0.2) is 34.0 Å². The molecule has 152 valence electrons. The van der Waals surface area contributed by atoms with E-state index in [2.05, 4.69) is 33.9 Å². The van der Waals surface area contributed by atoms with Crippen LogP contribution in [0.25, 0.3) is 0 Å². The molecule has 0 unspecified atom stereocenters. The number of hydrogen-bond acceptors (Lipinski definition) is 4. The fraction of sp³-hybridized carbons (Fsp3) is 0.619. The number of rotatable bonds is 4. The molecule has 0 fully saturated rings. The molecule has 27 heavy (non-hydrogen) atoms. The SMILES string of the molecule is C[C@@H]1[C@H](O[Si](C)(C)C(C)(C)C)[C@H](C)C(S(=O)(=O)c2ccccc2)=CC[C@H]1O. The first-order valence-corrected chi connectivity index (χ1v) is 14.0. The molecule has 0 aromatic heterocycles. The molecule has 0 aliphatic heterocycles. The summed E-state index contributed by atoms with van der Waals surface area (Å²) in [6.45, 7) is 14.7. The Hall–Kier alpha value is -0.953. The molecule has 0 radical (unpaired) electrons. The third-order valence-electron chi connectivity index (χ3n) is 6.23. The Bertz CT molecular complexity index is 778. The summed E-state index contributed by atoms with van der Waals surface area (Å²) in [5, 5.41) is 10.6. The van der Waals surface area contributed by atoms with Crippen molar-refractivity contribution in [1.82, 2.24) is 0 Å². The van der Waals surface area contributed by atoms with Crippen LogP contribution in [0.3, 0.4) is 0 Å². The second-order valence-corrected chi connectivity index (χ2v) is 15.9. The quantitative estimate of drug-likeness (QED) is 0.726. The molecule has 4 nitrogen and oxygen atoms in total. The molecule has 0 saturated carbocycles. The first-order valence-electron chi connectivity index (χ1n) is 9.65. The normalized spacial score (nSPS) is 27.8. The van der Waals surface area contributed by atoms with Crippen LogP contribution in [0.1, 0.15) is 41.0 Å². The van der Waals surface area contributed by atoms with Crippen LogP contribution < -0.4 is 0 Å². The summed E-state index contributed by atoms with van der Waals surface area (Å²) in [4.78, 5) is 0.652. The van der Waals surface area contributed by atoms with Gasteiger partial charge in [-0.1, -0.05) is 58.9 Å². The molecule has 4 atom stereocenters. The van der Waals surface area contributed by atoms with Crippen molar-refractivity contribution in [3.05, 3.63) is 41.3 Å². The molecule has 1 aromatic carbocycles. The van der Waals surface area contributed by atoms with Crippen LogP contribution in [0.2, 0.25) is 18.1 Å². The zero-order valence-corrected chi connectivity index (χ0v) is 19.4. The fourth-order valence-corrected chi connectivity index (χ4v) is 6.47. The predicted molar refractivity (Wildman–Crippen MR) is 113 cm³/mol. The van der Waals surface area contributed by atoms with Crippen molar-refractivity contribution in [2.24, 2.45) is 11.8 Å². The summed E-state index contributed by atoms with van der Waals surface area (Å²) in [5.41, 5.74) is 0. The summed E-state index contributed by atoms with van der Waals surface area (Å²) in [6.07, 6.45) is 1.06. The minimum Gasteiger partial charge on any atom is -0.413 e. The van der Waals surface area contributed by atoms with Gasteiger partial charge >= 0.3 is 0 Å². The molecular weight excluding hydrogens is 376 g/mol. The lowest BCUT2D eigenvalue weighted by atomic mass is 9.91. The number of benzene rings is 1. The molecule has 0 spiro atoms. The van der Waals surface area contributed by atoms with Crippen LogP contribution >= 0.6 is 0 Å². The number of aliphatic hydroxyl groups is 1. The molecule has 0 amide bonds. The topological polar surface area (TPSA) is 63.6 Å². The lowest BCUT2D eigenvalue weighted by Crippen LogP contribution is -2.49. The Kier molecular flexibility index (Phi) is 6.47. The van der Waals surface area contributed by atoms with E-state index in [-0.39, 0.29) is 23.0 Å². The first kappa shape index (κ1) is 22.3. The highest BCUT2D eigenvalue weighted by molar-refractivity contribution is 7.95. The molecular formula is C21H34O4SSi. The van der Waals surface area contributed by atoms with E-state index < -0.39 is 24.3 Å². The standard InChI is InChI=1S/C21H34O4SSi/c1-15-18(22)13-14-19(26(23,24)17-11-9-8-10-12-17)16(2)20(15)25-27(6,7)21(3,4)5/h8-12,14-16,18,20,22H,13H2,1-7H3/t15-,16+,18+,20-/m0/s1. The van der Waals surface area contributed by atoms with E-state index in [1.807, 2.05) is 13.8 Å². The van der Waals surface area contributed by atoms with Crippen molar-refractivity contribution in [3.8, 4) is 0 Å². The van der Waals surface area contributed by atoms with Crippen molar-refractivity contribution in [3.63, 3.8) is 0 Å². The van der Waals surface area contributed by atoms with Crippen LogP contribution in [0.15, 0.2) is 46.2 Å². The van der Waals surface area contributed by atoms with Crippen LogP contribution in [0, 0.1) is 11.8 Å².